The van der Waals surface area contributed by atoms with E-state index in [0.717, 1.165) is 45.9 Å². The zero-order valence-electron chi connectivity index (χ0n) is 15.0. The highest BCUT2D eigenvalue weighted by molar-refractivity contribution is 5.71. The third-order valence-corrected chi connectivity index (χ3v) is 6.32. The smallest absolute Gasteiger partial charge is 0.307 e. The highest BCUT2D eigenvalue weighted by Gasteiger charge is 2.53. The molecule has 6 nitrogen and oxygen atoms in total. The van der Waals surface area contributed by atoms with Crippen LogP contribution in [0.1, 0.15) is 20.3 Å². The lowest BCUT2D eigenvalue weighted by Gasteiger charge is -2.58. The van der Waals surface area contributed by atoms with Crippen molar-refractivity contribution in [1.29, 1.82) is 0 Å². The van der Waals surface area contributed by atoms with Gasteiger partial charge in [0.15, 0.2) is 0 Å². The van der Waals surface area contributed by atoms with Gasteiger partial charge >= 0.3 is 5.97 Å². The highest BCUT2D eigenvalue weighted by atomic mass is 16.4. The fourth-order valence-electron chi connectivity index (χ4n) is 5.40. The molecule has 0 aromatic carbocycles. The summed E-state index contributed by atoms with van der Waals surface area (Å²) in [5, 5.41) is 10.0. The predicted octanol–water partition coefficient (Wildman–Crippen LogP) is 0.510. The second kappa shape index (κ2) is 6.67. The Morgan fingerprint density at radius 3 is 1.74 bits per heavy atom. The molecule has 0 bridgehead atoms. The van der Waals surface area contributed by atoms with E-state index in [1.165, 1.54) is 0 Å². The van der Waals surface area contributed by atoms with E-state index in [9.17, 15) is 9.90 Å². The van der Waals surface area contributed by atoms with Crippen molar-refractivity contribution >= 4 is 5.97 Å². The van der Waals surface area contributed by atoms with Gasteiger partial charge in [0.1, 0.15) is 0 Å². The molecule has 2 aliphatic heterocycles. The van der Waals surface area contributed by atoms with E-state index >= 15 is 0 Å². The number of fused-ring (bicyclic) bond motifs is 2. The average molecular weight is 324 g/mol. The quantitative estimate of drug-likeness (QED) is 0.816. The molecule has 2 saturated heterocycles. The molecule has 6 heteroatoms. The molecule has 2 heterocycles. The van der Waals surface area contributed by atoms with Crippen LogP contribution in [0.5, 0.6) is 0 Å². The van der Waals surface area contributed by atoms with Gasteiger partial charge in [-0.05, 0) is 33.6 Å². The molecule has 3 fully saturated rings. The Balaban J connectivity index is 1.94. The maximum atomic E-state index is 12.2. The number of carboxylic acids is 1. The number of hydrogen-bond donors (Lipinski definition) is 1. The van der Waals surface area contributed by atoms with Gasteiger partial charge in [0.05, 0.1) is 19.3 Å². The summed E-state index contributed by atoms with van der Waals surface area (Å²) in [7, 11) is 4.24. The normalized spacial score (nSPS) is 40.6. The molecular weight excluding hydrogens is 292 g/mol. The van der Waals surface area contributed by atoms with Crippen molar-refractivity contribution in [2.75, 3.05) is 53.6 Å². The minimum Gasteiger partial charge on any atom is -0.481 e. The van der Waals surface area contributed by atoms with E-state index in [1.54, 1.807) is 0 Å². The molecule has 1 aliphatic carbocycles. The van der Waals surface area contributed by atoms with E-state index in [2.05, 4.69) is 47.5 Å². The van der Waals surface area contributed by atoms with Crippen LogP contribution in [0.3, 0.4) is 0 Å². The SMILES string of the molecule is CCN1CN(C)CC2C(C(=O)O)C3CN(C)CN(CC)C3CC21. The second-order valence-electron chi connectivity index (χ2n) is 7.73. The van der Waals surface area contributed by atoms with Crippen LogP contribution in [0.15, 0.2) is 0 Å². The Kier molecular flexibility index (Phi) is 4.97. The molecule has 4 unspecified atom stereocenters. The van der Waals surface area contributed by atoms with Crippen LogP contribution in [-0.4, -0.2) is 96.4 Å². The van der Waals surface area contributed by atoms with Crippen molar-refractivity contribution in [3.05, 3.63) is 0 Å². The Hall–Kier alpha value is -0.690. The predicted molar refractivity (Wildman–Crippen MR) is 90.1 cm³/mol. The van der Waals surface area contributed by atoms with Crippen molar-refractivity contribution < 1.29 is 9.90 Å². The van der Waals surface area contributed by atoms with Crippen molar-refractivity contribution in [1.82, 2.24) is 19.6 Å². The highest BCUT2D eigenvalue weighted by Crippen LogP contribution is 2.43. The van der Waals surface area contributed by atoms with Crippen LogP contribution in [0.2, 0.25) is 0 Å². The van der Waals surface area contributed by atoms with Gasteiger partial charge in [-0.15, -0.1) is 0 Å². The van der Waals surface area contributed by atoms with Gasteiger partial charge in [0, 0.05) is 37.0 Å². The zero-order valence-corrected chi connectivity index (χ0v) is 15.0. The van der Waals surface area contributed by atoms with Crippen LogP contribution in [0.25, 0.3) is 0 Å². The van der Waals surface area contributed by atoms with E-state index in [-0.39, 0.29) is 17.8 Å². The summed E-state index contributed by atoms with van der Waals surface area (Å²) in [5.41, 5.74) is 0. The molecule has 0 aromatic rings. The van der Waals surface area contributed by atoms with Crippen LogP contribution >= 0.6 is 0 Å². The van der Waals surface area contributed by atoms with Gasteiger partial charge in [0.25, 0.3) is 0 Å². The summed E-state index contributed by atoms with van der Waals surface area (Å²) in [5.74, 6) is -0.324. The Bertz CT molecular complexity index is 414. The lowest BCUT2D eigenvalue weighted by atomic mass is 9.64. The Labute approximate surface area is 140 Å². The minimum absolute atomic E-state index is 0.229. The molecule has 4 atom stereocenters. The molecule has 0 amide bonds. The number of carbonyl (C=O) groups is 1. The standard InChI is InChI=1S/C17H32N4O2/c1-5-20-10-18(3)8-12-14(20)7-15-13(16(12)17(22)23)9-19(4)11-21(15)6-2/h12-16H,5-11H2,1-4H3,(H,22,23). The Morgan fingerprint density at radius 2 is 1.39 bits per heavy atom. The van der Waals surface area contributed by atoms with Gasteiger partial charge in [-0.1, -0.05) is 13.8 Å². The number of nitrogens with zero attached hydrogens (tertiary/aromatic N) is 4. The molecule has 132 valence electrons. The number of aliphatic carboxylic acids is 1. The molecule has 23 heavy (non-hydrogen) atoms. The first-order chi connectivity index (χ1) is 11.0. The maximum Gasteiger partial charge on any atom is 0.307 e. The lowest BCUT2D eigenvalue weighted by Crippen LogP contribution is -2.68. The molecular formula is C17H32N4O2. The zero-order chi connectivity index (χ0) is 16.7. The number of hydrogen-bond acceptors (Lipinski definition) is 5. The molecule has 0 radical (unpaired) electrons. The molecule has 0 aromatic heterocycles. The molecule has 3 rings (SSSR count). The van der Waals surface area contributed by atoms with Crippen LogP contribution in [0.4, 0.5) is 0 Å². The van der Waals surface area contributed by atoms with E-state index in [4.69, 9.17) is 0 Å². The van der Waals surface area contributed by atoms with Crippen LogP contribution < -0.4 is 0 Å². The molecule has 1 saturated carbocycles. The second-order valence-corrected chi connectivity index (χ2v) is 7.73. The molecule has 0 spiro atoms. The van der Waals surface area contributed by atoms with Gasteiger partial charge in [-0.2, -0.15) is 0 Å². The minimum atomic E-state index is -0.590. The summed E-state index contributed by atoms with van der Waals surface area (Å²) in [6.45, 7) is 10.2. The average Bonchev–Trinajstić information content (AvgIpc) is 2.50. The first-order valence-electron chi connectivity index (χ1n) is 9.04. The molecule has 3 aliphatic rings. The van der Waals surface area contributed by atoms with E-state index in [0.29, 0.717) is 12.1 Å². The number of carboxylic acid groups (broad SMARTS) is 1. The third-order valence-electron chi connectivity index (χ3n) is 6.32. The van der Waals surface area contributed by atoms with Gasteiger partial charge < -0.3 is 5.11 Å². The summed E-state index contributed by atoms with van der Waals surface area (Å²) >= 11 is 0. The Morgan fingerprint density at radius 1 is 0.957 bits per heavy atom. The fraction of sp³-hybridized carbons (Fsp3) is 0.941. The summed E-state index contributed by atoms with van der Waals surface area (Å²) in [4.78, 5) is 21.8. The third kappa shape index (κ3) is 3.02. The lowest BCUT2D eigenvalue weighted by molar-refractivity contribution is -0.164. The van der Waals surface area contributed by atoms with E-state index < -0.39 is 5.97 Å². The van der Waals surface area contributed by atoms with Crippen molar-refractivity contribution in [3.63, 3.8) is 0 Å². The monoisotopic (exact) mass is 324 g/mol. The van der Waals surface area contributed by atoms with Crippen molar-refractivity contribution in [2.24, 2.45) is 17.8 Å². The van der Waals surface area contributed by atoms with E-state index in [1.807, 2.05) is 0 Å². The fourth-order valence-corrected chi connectivity index (χ4v) is 5.40. The number of rotatable bonds is 3. The first-order valence-corrected chi connectivity index (χ1v) is 9.04. The van der Waals surface area contributed by atoms with Crippen LogP contribution in [-0.2, 0) is 4.79 Å². The van der Waals surface area contributed by atoms with Gasteiger partial charge in [0.2, 0.25) is 0 Å². The summed E-state index contributed by atoms with van der Waals surface area (Å²) in [6.07, 6.45) is 1.13. The van der Waals surface area contributed by atoms with Crippen LogP contribution in [0, 0.1) is 17.8 Å². The van der Waals surface area contributed by atoms with Gasteiger partial charge in [-0.25, -0.2) is 0 Å². The van der Waals surface area contributed by atoms with Crippen molar-refractivity contribution in [3.8, 4) is 0 Å². The summed E-state index contributed by atoms with van der Waals surface area (Å²) < 4.78 is 0. The maximum absolute atomic E-state index is 12.2. The molecule has 1 N–H and O–H groups in total. The van der Waals surface area contributed by atoms with Gasteiger partial charge in [-0.3, -0.25) is 24.4 Å². The largest absolute Gasteiger partial charge is 0.481 e. The first kappa shape index (κ1) is 17.1. The summed E-state index contributed by atoms with van der Waals surface area (Å²) in [6, 6.07) is 0.826. The topological polar surface area (TPSA) is 50.3 Å². The van der Waals surface area contributed by atoms with Crippen molar-refractivity contribution in [2.45, 2.75) is 32.4 Å².